The molecule has 4 nitrogen and oxygen atoms in total. The second kappa shape index (κ2) is 4.85. The van der Waals surface area contributed by atoms with Gasteiger partial charge in [-0.25, -0.2) is 4.79 Å². The van der Waals surface area contributed by atoms with Crippen LogP contribution in [0.5, 0.6) is 5.75 Å². The van der Waals surface area contributed by atoms with Gasteiger partial charge in [0.05, 0.1) is 8.95 Å². The maximum absolute atomic E-state index is 10.4. The van der Waals surface area contributed by atoms with Gasteiger partial charge in [0.1, 0.15) is 5.75 Å². The molecule has 0 fully saturated rings. The molecule has 0 aliphatic rings. The Labute approximate surface area is 104 Å². The highest BCUT2D eigenvalue weighted by molar-refractivity contribution is 9.11. The lowest BCUT2D eigenvalue weighted by atomic mass is 10.2. The van der Waals surface area contributed by atoms with E-state index in [0.717, 1.165) is 5.56 Å². The van der Waals surface area contributed by atoms with E-state index in [0.29, 0.717) is 20.4 Å². The van der Waals surface area contributed by atoms with Gasteiger partial charge < -0.3 is 15.6 Å². The van der Waals surface area contributed by atoms with Gasteiger partial charge in [-0.1, -0.05) is 0 Å². The number of hydrogen-bond donors (Lipinski definition) is 2. The molecule has 1 rings (SSSR count). The summed E-state index contributed by atoms with van der Waals surface area (Å²) in [6, 6.07) is 1.68. The Bertz CT molecular complexity index is 407. The topological polar surface area (TPSA) is 72.5 Å². The molecule has 0 saturated carbocycles. The number of nitrogen functional groups attached to an aromatic ring is 1. The maximum Gasteiger partial charge on any atom is 0.341 e. The lowest BCUT2D eigenvalue weighted by Crippen LogP contribution is -2.10. The predicted octanol–water partition coefficient (Wildman–Crippen LogP) is 2.57. The smallest absolute Gasteiger partial charge is 0.341 e. The SMILES string of the molecule is Cc1c(N)cc(Br)c(OCC(=O)O)c1Br. The van der Waals surface area contributed by atoms with Crippen molar-refractivity contribution < 1.29 is 14.6 Å². The quantitative estimate of drug-likeness (QED) is 0.831. The van der Waals surface area contributed by atoms with Gasteiger partial charge in [-0.3, -0.25) is 0 Å². The van der Waals surface area contributed by atoms with Crippen LogP contribution < -0.4 is 10.5 Å². The molecule has 0 aliphatic carbocycles. The number of ether oxygens (including phenoxy) is 1. The monoisotopic (exact) mass is 337 g/mol. The molecule has 0 spiro atoms. The van der Waals surface area contributed by atoms with Crippen LogP contribution >= 0.6 is 31.9 Å². The van der Waals surface area contributed by atoms with Gasteiger partial charge in [-0.05, 0) is 50.4 Å². The number of nitrogens with two attached hydrogens (primary N) is 1. The Morgan fingerprint density at radius 2 is 2.20 bits per heavy atom. The number of carbonyl (C=O) groups is 1. The molecule has 15 heavy (non-hydrogen) atoms. The zero-order valence-electron chi connectivity index (χ0n) is 7.88. The third-order valence-electron chi connectivity index (χ3n) is 1.80. The average Bonchev–Trinajstić information content (AvgIpc) is 2.14. The van der Waals surface area contributed by atoms with Gasteiger partial charge in [-0.2, -0.15) is 0 Å². The Balaban J connectivity index is 3.07. The molecule has 82 valence electrons. The van der Waals surface area contributed by atoms with Crippen LogP contribution in [0.4, 0.5) is 5.69 Å². The van der Waals surface area contributed by atoms with E-state index in [2.05, 4.69) is 31.9 Å². The summed E-state index contributed by atoms with van der Waals surface area (Å²) in [7, 11) is 0. The molecule has 3 N–H and O–H groups in total. The van der Waals surface area contributed by atoms with Gasteiger partial charge in [0.25, 0.3) is 0 Å². The Morgan fingerprint density at radius 3 is 2.73 bits per heavy atom. The van der Waals surface area contributed by atoms with Crippen molar-refractivity contribution in [1.82, 2.24) is 0 Å². The Morgan fingerprint density at radius 1 is 1.60 bits per heavy atom. The number of halogens is 2. The van der Waals surface area contributed by atoms with E-state index in [1.807, 2.05) is 6.92 Å². The van der Waals surface area contributed by atoms with Crippen LogP contribution in [0.2, 0.25) is 0 Å². The summed E-state index contributed by atoms with van der Waals surface area (Å²) in [4.78, 5) is 10.4. The second-order valence-corrected chi connectivity index (χ2v) is 4.55. The summed E-state index contributed by atoms with van der Waals surface area (Å²) >= 11 is 6.56. The van der Waals surface area contributed by atoms with Gasteiger partial charge in [0, 0.05) is 5.69 Å². The molecule has 0 atom stereocenters. The van der Waals surface area contributed by atoms with Crippen LogP contribution in [0.1, 0.15) is 5.56 Å². The third-order valence-corrected chi connectivity index (χ3v) is 3.34. The second-order valence-electron chi connectivity index (χ2n) is 2.90. The summed E-state index contributed by atoms with van der Waals surface area (Å²) in [5.74, 6) is -0.577. The number of hydrogen-bond acceptors (Lipinski definition) is 3. The largest absolute Gasteiger partial charge is 0.480 e. The van der Waals surface area contributed by atoms with E-state index in [1.54, 1.807) is 6.07 Å². The molecular weight excluding hydrogens is 330 g/mol. The minimum Gasteiger partial charge on any atom is -0.480 e. The molecule has 6 heteroatoms. The van der Waals surface area contributed by atoms with E-state index >= 15 is 0 Å². The van der Waals surface area contributed by atoms with Gasteiger partial charge >= 0.3 is 5.97 Å². The van der Waals surface area contributed by atoms with Crippen LogP contribution in [0.3, 0.4) is 0 Å². The molecule has 0 heterocycles. The van der Waals surface area contributed by atoms with Crippen LogP contribution in [0.25, 0.3) is 0 Å². The number of carboxylic acid groups (broad SMARTS) is 1. The summed E-state index contributed by atoms with van der Waals surface area (Å²) in [6.07, 6.45) is 0. The van der Waals surface area contributed by atoms with Crippen molar-refractivity contribution in [2.24, 2.45) is 0 Å². The molecule has 0 radical (unpaired) electrons. The number of anilines is 1. The van der Waals surface area contributed by atoms with Crippen molar-refractivity contribution in [2.45, 2.75) is 6.92 Å². The van der Waals surface area contributed by atoms with Gasteiger partial charge in [0.2, 0.25) is 0 Å². The van der Waals surface area contributed by atoms with Gasteiger partial charge in [0.15, 0.2) is 6.61 Å². The maximum atomic E-state index is 10.4. The van der Waals surface area contributed by atoms with Crippen molar-refractivity contribution in [3.63, 3.8) is 0 Å². The van der Waals surface area contributed by atoms with Crippen LogP contribution in [0, 0.1) is 6.92 Å². The average molecular weight is 339 g/mol. The van der Waals surface area contributed by atoms with Gasteiger partial charge in [-0.15, -0.1) is 0 Å². The molecule has 0 bridgehead atoms. The van der Waals surface area contributed by atoms with Crippen molar-refractivity contribution in [3.05, 3.63) is 20.6 Å². The Kier molecular flexibility index (Phi) is 3.98. The highest BCUT2D eigenvalue weighted by Crippen LogP contribution is 2.38. The number of aliphatic carboxylic acids is 1. The Hall–Kier alpha value is -0.750. The van der Waals surface area contributed by atoms with Crippen molar-refractivity contribution >= 4 is 43.5 Å². The zero-order chi connectivity index (χ0) is 11.6. The lowest BCUT2D eigenvalue weighted by Gasteiger charge is -2.12. The molecule has 0 unspecified atom stereocenters. The zero-order valence-corrected chi connectivity index (χ0v) is 11.1. The first-order valence-corrected chi connectivity index (χ1v) is 5.60. The molecule has 0 aromatic heterocycles. The van der Waals surface area contributed by atoms with Crippen molar-refractivity contribution in [1.29, 1.82) is 0 Å². The highest BCUT2D eigenvalue weighted by atomic mass is 79.9. The first-order valence-electron chi connectivity index (χ1n) is 4.02. The van der Waals surface area contributed by atoms with Crippen LogP contribution in [-0.4, -0.2) is 17.7 Å². The summed E-state index contributed by atoms with van der Waals surface area (Å²) in [6.45, 7) is 1.43. The normalized spacial score (nSPS) is 10.1. The summed E-state index contributed by atoms with van der Waals surface area (Å²) < 4.78 is 6.40. The highest BCUT2D eigenvalue weighted by Gasteiger charge is 2.13. The van der Waals surface area contributed by atoms with E-state index < -0.39 is 5.97 Å². The molecule has 0 saturated heterocycles. The molecule has 1 aromatic carbocycles. The number of rotatable bonds is 3. The fourth-order valence-electron chi connectivity index (χ4n) is 0.978. The fraction of sp³-hybridized carbons (Fsp3) is 0.222. The van der Waals surface area contributed by atoms with Crippen LogP contribution in [0.15, 0.2) is 15.0 Å². The van der Waals surface area contributed by atoms with Crippen molar-refractivity contribution in [2.75, 3.05) is 12.3 Å². The lowest BCUT2D eigenvalue weighted by molar-refractivity contribution is -0.139. The number of benzene rings is 1. The molecular formula is C9H9Br2NO3. The van der Waals surface area contributed by atoms with E-state index in [-0.39, 0.29) is 6.61 Å². The first-order chi connectivity index (χ1) is 6.93. The van der Waals surface area contributed by atoms with Crippen molar-refractivity contribution in [3.8, 4) is 5.75 Å². The fourth-order valence-corrected chi connectivity index (χ4v) is 2.36. The standard InChI is InChI=1S/C9H9Br2NO3/c1-4-6(12)2-5(10)9(8(4)11)15-3-7(13)14/h2H,3,12H2,1H3,(H,13,14). The molecule has 0 amide bonds. The first kappa shape index (κ1) is 12.3. The summed E-state index contributed by atoms with van der Waals surface area (Å²) in [5, 5.41) is 8.50. The molecule has 0 aliphatic heterocycles. The van der Waals surface area contributed by atoms with E-state index in [9.17, 15) is 4.79 Å². The van der Waals surface area contributed by atoms with E-state index in [4.69, 9.17) is 15.6 Å². The number of carboxylic acids is 1. The van der Waals surface area contributed by atoms with E-state index in [1.165, 1.54) is 0 Å². The minimum atomic E-state index is -1.02. The third kappa shape index (κ3) is 2.85. The molecule has 1 aromatic rings. The van der Waals surface area contributed by atoms with Crippen LogP contribution in [-0.2, 0) is 4.79 Å². The minimum absolute atomic E-state index is 0.388. The predicted molar refractivity (Wildman–Crippen MR) is 64.1 cm³/mol. The summed E-state index contributed by atoms with van der Waals surface area (Å²) in [5.41, 5.74) is 7.14.